The molecule has 0 aliphatic carbocycles. The van der Waals surface area contributed by atoms with Crippen molar-refractivity contribution in [1.82, 2.24) is 20.2 Å². The zero-order valence-electron chi connectivity index (χ0n) is 13.1. The van der Waals surface area contributed by atoms with Gasteiger partial charge in [-0.15, -0.1) is 0 Å². The smallest absolute Gasteiger partial charge is 0.245 e. The van der Waals surface area contributed by atoms with E-state index in [0.717, 1.165) is 67.5 Å². The number of amides is 1. The average molecular weight is 331 g/mol. The molecule has 4 heterocycles. The molecular formula is C16H21N5OS. The molecule has 2 aliphatic heterocycles. The molecule has 1 N–H and O–H groups in total. The van der Waals surface area contributed by atoms with E-state index in [0.29, 0.717) is 0 Å². The lowest BCUT2D eigenvalue weighted by molar-refractivity contribution is -0.132. The highest BCUT2D eigenvalue weighted by molar-refractivity contribution is 7.21. The minimum Gasteiger partial charge on any atom is -0.340 e. The van der Waals surface area contributed by atoms with Gasteiger partial charge in [0.2, 0.25) is 5.91 Å². The zero-order chi connectivity index (χ0) is 15.6. The van der Waals surface area contributed by atoms with Crippen molar-refractivity contribution in [2.75, 3.05) is 37.6 Å². The van der Waals surface area contributed by atoms with Crippen molar-refractivity contribution in [2.45, 2.75) is 25.3 Å². The van der Waals surface area contributed by atoms with Gasteiger partial charge in [-0.1, -0.05) is 11.3 Å². The first kappa shape index (κ1) is 14.8. The molecule has 2 saturated heterocycles. The third kappa shape index (κ3) is 2.90. The van der Waals surface area contributed by atoms with Crippen LogP contribution in [0.1, 0.15) is 19.3 Å². The summed E-state index contributed by atoms with van der Waals surface area (Å²) in [6.45, 7) is 4.47. The summed E-state index contributed by atoms with van der Waals surface area (Å²) in [6.07, 6.45) is 4.79. The van der Waals surface area contributed by atoms with Gasteiger partial charge >= 0.3 is 0 Å². The van der Waals surface area contributed by atoms with Crippen molar-refractivity contribution in [3.8, 4) is 0 Å². The van der Waals surface area contributed by atoms with Gasteiger partial charge in [0.1, 0.15) is 16.4 Å². The van der Waals surface area contributed by atoms with Crippen LogP contribution in [0.2, 0.25) is 0 Å². The third-order valence-electron chi connectivity index (χ3n) is 4.59. The van der Waals surface area contributed by atoms with Crippen LogP contribution < -0.4 is 10.2 Å². The van der Waals surface area contributed by atoms with Gasteiger partial charge in [0.25, 0.3) is 0 Å². The summed E-state index contributed by atoms with van der Waals surface area (Å²) in [6, 6.07) is 3.83. The number of pyridine rings is 1. The largest absolute Gasteiger partial charge is 0.340 e. The number of aromatic nitrogens is 2. The van der Waals surface area contributed by atoms with Gasteiger partial charge in [0.15, 0.2) is 5.13 Å². The standard InChI is InChI=1S/C16H21N5OS/c22-15(20-9-3-6-17-8-11-20)13-5-2-10-21(13)16-19-12-4-1-7-18-14(12)23-16/h1,4,7,13,17H,2-3,5-6,8-11H2/t13-/m0/s1. The maximum absolute atomic E-state index is 13.0. The summed E-state index contributed by atoms with van der Waals surface area (Å²) >= 11 is 1.59. The molecule has 2 fully saturated rings. The minimum atomic E-state index is -0.0614. The van der Waals surface area contributed by atoms with E-state index in [9.17, 15) is 4.79 Å². The quantitative estimate of drug-likeness (QED) is 0.903. The summed E-state index contributed by atoms with van der Waals surface area (Å²) in [7, 11) is 0. The Morgan fingerprint density at radius 3 is 3.13 bits per heavy atom. The molecule has 0 bridgehead atoms. The number of thiazole rings is 1. The van der Waals surface area contributed by atoms with Crippen LogP contribution in [-0.4, -0.2) is 59.5 Å². The third-order valence-corrected chi connectivity index (χ3v) is 5.61. The zero-order valence-corrected chi connectivity index (χ0v) is 13.9. The Morgan fingerprint density at radius 2 is 2.22 bits per heavy atom. The Balaban J connectivity index is 1.56. The van der Waals surface area contributed by atoms with Crippen LogP contribution in [0.4, 0.5) is 5.13 Å². The molecule has 0 saturated carbocycles. The molecule has 0 radical (unpaired) electrons. The van der Waals surface area contributed by atoms with Crippen molar-refractivity contribution < 1.29 is 4.79 Å². The van der Waals surface area contributed by atoms with E-state index in [1.54, 1.807) is 17.5 Å². The number of hydrogen-bond acceptors (Lipinski definition) is 6. The monoisotopic (exact) mass is 331 g/mol. The first-order valence-electron chi connectivity index (χ1n) is 8.30. The van der Waals surface area contributed by atoms with E-state index in [-0.39, 0.29) is 11.9 Å². The lowest BCUT2D eigenvalue weighted by Gasteiger charge is -2.29. The number of rotatable bonds is 2. The van der Waals surface area contributed by atoms with Crippen molar-refractivity contribution in [3.05, 3.63) is 18.3 Å². The topological polar surface area (TPSA) is 61.4 Å². The highest BCUT2D eigenvalue weighted by atomic mass is 32.1. The Kier molecular flexibility index (Phi) is 4.13. The van der Waals surface area contributed by atoms with Crippen molar-refractivity contribution in [2.24, 2.45) is 0 Å². The second-order valence-corrected chi connectivity index (χ2v) is 7.06. The summed E-state index contributed by atoms with van der Waals surface area (Å²) < 4.78 is 0. The van der Waals surface area contributed by atoms with E-state index < -0.39 is 0 Å². The second kappa shape index (κ2) is 6.41. The maximum Gasteiger partial charge on any atom is 0.245 e. The molecule has 23 heavy (non-hydrogen) atoms. The van der Waals surface area contributed by atoms with Crippen LogP contribution in [0.15, 0.2) is 18.3 Å². The molecule has 2 aromatic heterocycles. The van der Waals surface area contributed by atoms with Gasteiger partial charge in [-0.2, -0.15) is 0 Å². The lowest BCUT2D eigenvalue weighted by Crippen LogP contribution is -2.47. The molecule has 0 aromatic carbocycles. The predicted molar refractivity (Wildman–Crippen MR) is 91.8 cm³/mol. The molecular weight excluding hydrogens is 310 g/mol. The van der Waals surface area contributed by atoms with E-state index in [1.165, 1.54) is 0 Å². The second-order valence-electron chi connectivity index (χ2n) is 6.10. The van der Waals surface area contributed by atoms with Crippen LogP contribution >= 0.6 is 11.3 Å². The van der Waals surface area contributed by atoms with Crippen LogP contribution in [0.3, 0.4) is 0 Å². The van der Waals surface area contributed by atoms with E-state index in [4.69, 9.17) is 0 Å². The van der Waals surface area contributed by atoms with Crippen molar-refractivity contribution in [1.29, 1.82) is 0 Å². The fourth-order valence-electron chi connectivity index (χ4n) is 3.41. The Labute approximate surface area is 139 Å². The normalized spacial score (nSPS) is 22.5. The summed E-state index contributed by atoms with van der Waals surface area (Å²) in [5.74, 6) is 0.262. The molecule has 0 spiro atoms. The minimum absolute atomic E-state index is 0.0614. The molecule has 2 aromatic rings. The first-order chi connectivity index (χ1) is 11.3. The highest BCUT2D eigenvalue weighted by Crippen LogP contribution is 2.32. The van der Waals surface area contributed by atoms with Crippen LogP contribution in [0.25, 0.3) is 10.3 Å². The van der Waals surface area contributed by atoms with Gasteiger partial charge in [0.05, 0.1) is 0 Å². The number of nitrogens with one attached hydrogen (secondary N) is 1. The van der Waals surface area contributed by atoms with Crippen molar-refractivity contribution >= 4 is 32.7 Å². The van der Waals surface area contributed by atoms with Crippen LogP contribution in [0.5, 0.6) is 0 Å². The number of carbonyl (C=O) groups excluding carboxylic acids is 1. The van der Waals surface area contributed by atoms with Gasteiger partial charge < -0.3 is 15.1 Å². The van der Waals surface area contributed by atoms with E-state index >= 15 is 0 Å². The summed E-state index contributed by atoms with van der Waals surface area (Å²) in [5, 5.41) is 4.29. The van der Waals surface area contributed by atoms with Gasteiger partial charge in [0, 0.05) is 32.4 Å². The maximum atomic E-state index is 13.0. The Bertz CT molecular complexity index is 662. The fraction of sp³-hybridized carbons (Fsp3) is 0.562. The summed E-state index contributed by atoms with van der Waals surface area (Å²) in [5.41, 5.74) is 0.921. The lowest BCUT2D eigenvalue weighted by atomic mass is 10.2. The van der Waals surface area contributed by atoms with E-state index in [1.807, 2.05) is 17.0 Å². The fourth-order valence-corrected chi connectivity index (χ4v) is 4.40. The number of carbonyl (C=O) groups is 1. The average Bonchev–Trinajstić information content (AvgIpc) is 3.13. The van der Waals surface area contributed by atoms with Crippen molar-refractivity contribution in [3.63, 3.8) is 0 Å². The molecule has 7 heteroatoms. The highest BCUT2D eigenvalue weighted by Gasteiger charge is 2.35. The Morgan fingerprint density at radius 1 is 1.26 bits per heavy atom. The number of fused-ring (bicyclic) bond motifs is 1. The molecule has 6 nitrogen and oxygen atoms in total. The first-order valence-corrected chi connectivity index (χ1v) is 9.12. The molecule has 122 valence electrons. The van der Waals surface area contributed by atoms with Crippen LogP contribution in [-0.2, 0) is 4.79 Å². The number of hydrogen-bond donors (Lipinski definition) is 1. The molecule has 2 aliphatic rings. The number of nitrogens with zero attached hydrogens (tertiary/aromatic N) is 4. The molecule has 4 rings (SSSR count). The van der Waals surface area contributed by atoms with Gasteiger partial charge in [-0.25, -0.2) is 9.97 Å². The molecule has 0 unspecified atom stereocenters. The SMILES string of the molecule is O=C([C@@H]1CCCN1c1nc2cccnc2s1)N1CCCNCC1. The van der Waals surface area contributed by atoms with E-state index in [2.05, 4.69) is 20.2 Å². The van der Waals surface area contributed by atoms with Crippen LogP contribution in [0, 0.1) is 0 Å². The Hall–Kier alpha value is -1.73. The summed E-state index contributed by atoms with van der Waals surface area (Å²) in [4.78, 5) is 27.2. The van der Waals surface area contributed by atoms with Gasteiger partial charge in [-0.3, -0.25) is 4.79 Å². The predicted octanol–water partition coefficient (Wildman–Crippen LogP) is 1.48. The number of anilines is 1. The molecule has 1 atom stereocenters. The van der Waals surface area contributed by atoms with Gasteiger partial charge in [-0.05, 0) is 37.9 Å². The molecule has 1 amide bonds.